The Morgan fingerprint density at radius 1 is 1.31 bits per heavy atom. The normalized spacial score (nSPS) is 13.8. The van der Waals surface area contributed by atoms with Crippen molar-refractivity contribution in [1.29, 1.82) is 0 Å². The second kappa shape index (κ2) is 8.73. The van der Waals surface area contributed by atoms with Crippen molar-refractivity contribution in [3.05, 3.63) is 56.9 Å². The van der Waals surface area contributed by atoms with Crippen molar-refractivity contribution in [2.45, 2.75) is 17.7 Å². The topological polar surface area (TPSA) is 58.7 Å². The number of rotatable bonds is 7. The van der Waals surface area contributed by atoms with Crippen molar-refractivity contribution >= 4 is 46.3 Å². The lowest BCUT2D eigenvalue weighted by molar-refractivity contribution is 0.0984. The minimum Gasteiger partial charge on any atom is -0.361 e. The molecule has 150 valence electrons. The number of ketones is 1. The molecule has 3 heterocycles. The maximum Gasteiger partial charge on any atom is 0.173 e. The number of thioether (sulfide) groups is 1. The van der Waals surface area contributed by atoms with Gasteiger partial charge < -0.3 is 9.42 Å². The smallest absolute Gasteiger partial charge is 0.173 e. The van der Waals surface area contributed by atoms with Crippen molar-refractivity contribution in [2.24, 2.45) is 4.99 Å². The molecule has 5 nitrogen and oxygen atoms in total. The van der Waals surface area contributed by atoms with Gasteiger partial charge in [-0.2, -0.15) is 0 Å². The summed E-state index contributed by atoms with van der Waals surface area (Å²) in [6.07, 6.45) is 2.93. The number of amidine groups is 1. The van der Waals surface area contributed by atoms with Crippen LogP contribution in [-0.4, -0.2) is 48.1 Å². The first kappa shape index (κ1) is 20.2. The number of carbonyl (C=O) groups excluding carboxylic acids is 1. The molecule has 0 N–H and O–H groups in total. The number of aromatic nitrogens is 1. The Morgan fingerprint density at radius 3 is 2.86 bits per heavy atom. The number of carbonyl (C=O) groups is 1. The molecule has 4 rings (SSSR count). The van der Waals surface area contributed by atoms with E-state index in [0.29, 0.717) is 27.8 Å². The lowest BCUT2D eigenvalue weighted by Crippen LogP contribution is -2.23. The van der Waals surface area contributed by atoms with Gasteiger partial charge in [-0.1, -0.05) is 28.9 Å². The SMILES string of the molecule is CSc1cc(C2=NCCN2C)ccc1-c1cc(CCC(=O)c2ccc(Cl)s2)on1. The summed E-state index contributed by atoms with van der Waals surface area (Å²) in [5.74, 6) is 1.79. The van der Waals surface area contributed by atoms with E-state index in [1.54, 1.807) is 23.9 Å². The van der Waals surface area contributed by atoms with E-state index in [1.165, 1.54) is 11.3 Å². The lowest BCUT2D eigenvalue weighted by Gasteiger charge is -2.15. The highest BCUT2D eigenvalue weighted by Crippen LogP contribution is 2.32. The van der Waals surface area contributed by atoms with Crippen LogP contribution >= 0.6 is 34.7 Å². The number of thiophene rings is 1. The van der Waals surface area contributed by atoms with E-state index < -0.39 is 0 Å². The molecule has 0 radical (unpaired) electrons. The fourth-order valence-electron chi connectivity index (χ4n) is 3.27. The zero-order valence-electron chi connectivity index (χ0n) is 16.1. The van der Waals surface area contributed by atoms with Crippen LogP contribution in [0.15, 0.2) is 50.8 Å². The molecule has 0 fully saturated rings. The second-order valence-corrected chi connectivity index (χ2v) is 9.31. The van der Waals surface area contributed by atoms with Gasteiger partial charge >= 0.3 is 0 Å². The molecule has 1 aliphatic heterocycles. The Labute approximate surface area is 182 Å². The van der Waals surface area contributed by atoms with Crippen LogP contribution < -0.4 is 0 Å². The van der Waals surface area contributed by atoms with Gasteiger partial charge in [0.15, 0.2) is 5.78 Å². The predicted octanol–water partition coefficient (Wildman–Crippen LogP) is 5.29. The highest BCUT2D eigenvalue weighted by atomic mass is 35.5. The van der Waals surface area contributed by atoms with E-state index in [4.69, 9.17) is 16.1 Å². The zero-order chi connectivity index (χ0) is 20.4. The summed E-state index contributed by atoms with van der Waals surface area (Å²) in [7, 11) is 2.06. The maximum atomic E-state index is 12.3. The maximum absolute atomic E-state index is 12.3. The van der Waals surface area contributed by atoms with Crippen molar-refractivity contribution in [1.82, 2.24) is 10.1 Å². The van der Waals surface area contributed by atoms with Gasteiger partial charge in [0.25, 0.3) is 0 Å². The van der Waals surface area contributed by atoms with E-state index in [2.05, 4.69) is 46.6 Å². The Bertz CT molecular complexity index is 1070. The molecule has 0 unspecified atom stereocenters. The van der Waals surface area contributed by atoms with Crippen LogP contribution in [-0.2, 0) is 6.42 Å². The summed E-state index contributed by atoms with van der Waals surface area (Å²) in [5, 5.41) is 4.23. The first-order valence-electron chi connectivity index (χ1n) is 9.23. The molecule has 2 aromatic heterocycles. The van der Waals surface area contributed by atoms with Crippen LogP contribution in [0.25, 0.3) is 11.3 Å². The fraction of sp³-hybridized carbons (Fsp3) is 0.286. The van der Waals surface area contributed by atoms with Crippen LogP contribution in [0.3, 0.4) is 0 Å². The molecule has 1 aliphatic rings. The quantitative estimate of drug-likeness (QED) is 0.365. The Balaban J connectivity index is 1.49. The standard InChI is InChI=1S/C21H20ClN3O2S2/c1-25-10-9-23-21(25)13-3-5-15(19(11-13)28-2)16-12-14(27-24-16)4-6-17(26)18-7-8-20(22)29-18/h3,5,7-8,11-12H,4,6,9-10H2,1-2H3. The Kier molecular flexibility index (Phi) is 6.08. The number of benzene rings is 1. The molecule has 1 aromatic carbocycles. The molecule has 8 heteroatoms. The van der Waals surface area contributed by atoms with Crippen molar-refractivity contribution < 1.29 is 9.32 Å². The Morgan fingerprint density at radius 2 is 2.17 bits per heavy atom. The second-order valence-electron chi connectivity index (χ2n) is 6.75. The molecule has 3 aromatic rings. The molecule has 0 bridgehead atoms. The van der Waals surface area contributed by atoms with E-state index in [0.717, 1.165) is 40.6 Å². The average molecular weight is 446 g/mol. The van der Waals surface area contributed by atoms with E-state index >= 15 is 0 Å². The number of hydrogen-bond donors (Lipinski definition) is 0. The highest BCUT2D eigenvalue weighted by Gasteiger charge is 2.18. The molecule has 0 amide bonds. The third kappa shape index (κ3) is 4.42. The summed E-state index contributed by atoms with van der Waals surface area (Å²) < 4.78 is 6.11. The van der Waals surface area contributed by atoms with Crippen LogP contribution in [0, 0.1) is 0 Å². The van der Waals surface area contributed by atoms with Gasteiger partial charge in [0, 0.05) is 48.5 Å². The van der Waals surface area contributed by atoms with Crippen LogP contribution in [0.1, 0.15) is 27.4 Å². The van der Waals surface area contributed by atoms with E-state index in [9.17, 15) is 4.79 Å². The molecular weight excluding hydrogens is 426 g/mol. The van der Waals surface area contributed by atoms with Gasteiger partial charge in [-0.15, -0.1) is 23.1 Å². The monoisotopic (exact) mass is 445 g/mol. The third-order valence-electron chi connectivity index (χ3n) is 4.80. The number of nitrogens with zero attached hydrogens (tertiary/aromatic N) is 3. The molecule has 0 atom stereocenters. The number of aryl methyl sites for hydroxylation is 1. The van der Waals surface area contributed by atoms with E-state index in [-0.39, 0.29) is 5.78 Å². The molecule has 29 heavy (non-hydrogen) atoms. The predicted molar refractivity (Wildman–Crippen MR) is 120 cm³/mol. The molecule has 0 spiro atoms. The lowest BCUT2D eigenvalue weighted by atomic mass is 10.1. The number of halogens is 1. The van der Waals surface area contributed by atoms with Gasteiger partial charge in [0.1, 0.15) is 17.3 Å². The summed E-state index contributed by atoms with van der Waals surface area (Å²) in [4.78, 5) is 20.8. The summed E-state index contributed by atoms with van der Waals surface area (Å²) in [6.45, 7) is 1.79. The first-order chi connectivity index (χ1) is 14.0. The van der Waals surface area contributed by atoms with Gasteiger partial charge in [-0.25, -0.2) is 0 Å². The van der Waals surface area contributed by atoms with E-state index in [1.807, 2.05) is 6.07 Å². The number of aliphatic imine (C=N–C) groups is 1. The van der Waals surface area contributed by atoms with Gasteiger partial charge in [-0.3, -0.25) is 9.79 Å². The minimum absolute atomic E-state index is 0.0652. The number of Topliss-reactive ketones (excluding diaryl/α,β-unsaturated/α-hetero) is 1. The first-order valence-corrected chi connectivity index (χ1v) is 11.7. The average Bonchev–Trinajstić information content (AvgIpc) is 3.47. The van der Waals surface area contributed by atoms with Crippen molar-refractivity contribution in [3.8, 4) is 11.3 Å². The van der Waals surface area contributed by atoms with Crippen LogP contribution in [0.5, 0.6) is 0 Å². The zero-order valence-corrected chi connectivity index (χ0v) is 18.5. The van der Waals surface area contributed by atoms with Crippen LogP contribution in [0.4, 0.5) is 0 Å². The summed E-state index contributed by atoms with van der Waals surface area (Å²) in [5.41, 5.74) is 2.92. The van der Waals surface area contributed by atoms with Crippen LogP contribution in [0.2, 0.25) is 4.34 Å². The number of likely N-dealkylation sites (N-methyl/N-ethyl adjacent to an activating group) is 1. The Hall–Kier alpha value is -2.09. The largest absolute Gasteiger partial charge is 0.361 e. The molecule has 0 saturated carbocycles. The molecule has 0 aliphatic carbocycles. The molecular formula is C21H20ClN3O2S2. The van der Waals surface area contributed by atoms with Gasteiger partial charge in [0.05, 0.1) is 15.8 Å². The third-order valence-corrected chi connectivity index (χ3v) is 6.85. The molecule has 0 saturated heterocycles. The van der Waals surface area contributed by atoms with Gasteiger partial charge in [-0.05, 0) is 24.5 Å². The van der Waals surface area contributed by atoms with Gasteiger partial charge in [0.2, 0.25) is 0 Å². The number of hydrogen-bond acceptors (Lipinski definition) is 7. The minimum atomic E-state index is 0.0652. The summed E-state index contributed by atoms with van der Waals surface area (Å²) >= 11 is 8.88. The fourth-order valence-corrected chi connectivity index (χ4v) is 4.92. The highest BCUT2D eigenvalue weighted by molar-refractivity contribution is 7.98. The summed E-state index contributed by atoms with van der Waals surface area (Å²) in [6, 6.07) is 11.7. The van der Waals surface area contributed by atoms with Crippen molar-refractivity contribution in [3.63, 3.8) is 0 Å². The van der Waals surface area contributed by atoms with Crippen molar-refractivity contribution in [2.75, 3.05) is 26.4 Å².